The van der Waals surface area contributed by atoms with Gasteiger partial charge in [-0.2, -0.15) is 0 Å². The third-order valence-electron chi connectivity index (χ3n) is 3.12. The molecule has 3 rings (SSSR count). The van der Waals surface area contributed by atoms with E-state index in [1.54, 1.807) is 0 Å². The van der Waals surface area contributed by atoms with Crippen LogP contribution in [0.5, 0.6) is 0 Å². The first-order valence-electron chi connectivity index (χ1n) is 6.74. The lowest BCUT2D eigenvalue weighted by atomic mass is 10.1. The minimum absolute atomic E-state index is 0.266. The van der Waals surface area contributed by atoms with Crippen molar-refractivity contribution in [1.29, 1.82) is 0 Å². The van der Waals surface area contributed by atoms with Gasteiger partial charge in [0.2, 0.25) is 0 Å². The van der Waals surface area contributed by atoms with Crippen molar-refractivity contribution in [1.82, 2.24) is 10.5 Å². The zero-order valence-electron chi connectivity index (χ0n) is 12.2. The smallest absolute Gasteiger partial charge is 0.320 e. The first-order valence-corrected chi connectivity index (χ1v) is 7.62. The number of amides is 2. The van der Waals surface area contributed by atoms with Crippen LogP contribution in [-0.2, 0) is 6.54 Å². The second-order valence-corrected chi connectivity index (χ2v) is 5.70. The molecule has 0 bridgehead atoms. The Morgan fingerprint density at radius 1 is 1.32 bits per heavy atom. The molecule has 0 saturated heterocycles. The van der Waals surface area contributed by atoms with E-state index < -0.39 is 0 Å². The van der Waals surface area contributed by atoms with E-state index >= 15 is 0 Å². The molecule has 0 radical (unpaired) electrons. The van der Waals surface area contributed by atoms with Crippen LogP contribution in [0.1, 0.15) is 17.2 Å². The largest absolute Gasteiger partial charge is 0.459 e. The quantitative estimate of drug-likeness (QED) is 0.764. The maximum absolute atomic E-state index is 11.7. The van der Waals surface area contributed by atoms with Gasteiger partial charge in [0.05, 0.1) is 22.8 Å². The molecule has 6 nitrogen and oxygen atoms in total. The van der Waals surface area contributed by atoms with E-state index in [2.05, 4.69) is 15.8 Å². The van der Waals surface area contributed by atoms with Crippen molar-refractivity contribution in [3.8, 4) is 11.3 Å². The van der Waals surface area contributed by atoms with Crippen molar-refractivity contribution in [3.63, 3.8) is 0 Å². The molecule has 0 atom stereocenters. The van der Waals surface area contributed by atoms with E-state index in [4.69, 9.17) is 8.94 Å². The van der Waals surface area contributed by atoms with E-state index in [9.17, 15) is 4.79 Å². The Morgan fingerprint density at radius 2 is 2.18 bits per heavy atom. The van der Waals surface area contributed by atoms with Gasteiger partial charge in [0, 0.05) is 0 Å². The van der Waals surface area contributed by atoms with E-state index in [0.29, 0.717) is 23.8 Å². The van der Waals surface area contributed by atoms with Gasteiger partial charge in [-0.15, -0.1) is 11.3 Å². The third-order valence-corrected chi connectivity index (χ3v) is 3.91. The number of aromatic nitrogens is 1. The number of hydrogen-bond acceptors (Lipinski definition) is 5. The second-order valence-electron chi connectivity index (χ2n) is 4.75. The van der Waals surface area contributed by atoms with Crippen LogP contribution in [0.2, 0.25) is 0 Å². The number of carbonyl (C=O) groups excluding carboxylic acids is 1. The summed E-state index contributed by atoms with van der Waals surface area (Å²) >= 11 is 1.47. The zero-order chi connectivity index (χ0) is 15.5. The summed E-state index contributed by atoms with van der Waals surface area (Å²) in [5.41, 5.74) is 1.64. The Kier molecular flexibility index (Phi) is 3.97. The molecule has 7 heteroatoms. The Hall–Kier alpha value is -2.54. The highest BCUT2D eigenvalue weighted by atomic mass is 32.1. The molecule has 2 N–H and O–H groups in total. The molecule has 0 spiro atoms. The molecule has 0 aliphatic heterocycles. The predicted octanol–water partition coefficient (Wildman–Crippen LogP) is 3.93. The summed E-state index contributed by atoms with van der Waals surface area (Å²) in [4.78, 5) is 11.7. The van der Waals surface area contributed by atoms with E-state index in [-0.39, 0.29) is 6.03 Å². The van der Waals surface area contributed by atoms with Gasteiger partial charge in [-0.1, -0.05) is 5.16 Å². The molecule has 22 heavy (non-hydrogen) atoms. The van der Waals surface area contributed by atoms with Crippen molar-refractivity contribution in [2.45, 2.75) is 20.4 Å². The van der Waals surface area contributed by atoms with E-state index in [1.165, 1.54) is 11.3 Å². The minimum atomic E-state index is -0.266. The maximum Gasteiger partial charge on any atom is 0.320 e. The minimum Gasteiger partial charge on any atom is -0.459 e. The van der Waals surface area contributed by atoms with Crippen molar-refractivity contribution in [3.05, 3.63) is 46.9 Å². The van der Waals surface area contributed by atoms with Gasteiger partial charge in [0.25, 0.3) is 0 Å². The number of nitrogens with one attached hydrogen (secondary N) is 2. The molecule has 0 fully saturated rings. The fraction of sp³-hybridized carbons (Fsp3) is 0.200. The molecular formula is C15H15N3O3S. The summed E-state index contributed by atoms with van der Waals surface area (Å²) in [5, 5.41) is 12.1. The molecule has 3 heterocycles. The molecule has 0 saturated carbocycles. The fourth-order valence-corrected chi connectivity index (χ4v) is 2.73. The highest BCUT2D eigenvalue weighted by Gasteiger charge is 2.15. The average molecular weight is 317 g/mol. The number of furan rings is 1. The monoisotopic (exact) mass is 317 g/mol. The molecule has 0 aliphatic carbocycles. The summed E-state index contributed by atoms with van der Waals surface area (Å²) < 4.78 is 10.9. The number of hydrogen-bond donors (Lipinski definition) is 2. The molecule has 114 valence electrons. The molecule has 2 amide bonds. The standard InChI is InChI=1S/C15H15N3O3S/c1-9-14(10(2)21-18-9)12-6-5-11(20-12)8-16-15(19)17-13-4-3-7-22-13/h3-7H,8H2,1-2H3,(H2,16,17,19). The topological polar surface area (TPSA) is 80.3 Å². The number of aryl methyl sites for hydroxylation is 2. The molecule has 0 unspecified atom stereocenters. The van der Waals surface area contributed by atoms with Gasteiger partial charge < -0.3 is 14.3 Å². The van der Waals surface area contributed by atoms with Gasteiger partial charge in [-0.3, -0.25) is 5.32 Å². The van der Waals surface area contributed by atoms with Crippen LogP contribution in [0.15, 0.2) is 38.6 Å². The number of urea groups is 1. The van der Waals surface area contributed by atoms with Crippen molar-refractivity contribution >= 4 is 22.4 Å². The molecule has 3 aromatic heterocycles. The summed E-state index contributed by atoms with van der Waals surface area (Å²) in [7, 11) is 0. The van der Waals surface area contributed by atoms with Crippen LogP contribution in [0.25, 0.3) is 11.3 Å². The highest BCUT2D eigenvalue weighted by Crippen LogP contribution is 2.28. The molecule has 0 aliphatic rings. The average Bonchev–Trinajstić information content (AvgIpc) is 3.20. The van der Waals surface area contributed by atoms with Gasteiger partial charge >= 0.3 is 6.03 Å². The number of carbonyl (C=O) groups is 1. The molecular weight excluding hydrogens is 302 g/mol. The van der Waals surface area contributed by atoms with Crippen molar-refractivity contribution in [2.75, 3.05) is 5.32 Å². The van der Waals surface area contributed by atoms with E-state index in [1.807, 2.05) is 43.5 Å². The van der Waals surface area contributed by atoms with Gasteiger partial charge in [-0.25, -0.2) is 4.79 Å². The highest BCUT2D eigenvalue weighted by molar-refractivity contribution is 7.14. The van der Waals surface area contributed by atoms with Gasteiger partial charge in [0.15, 0.2) is 0 Å². The van der Waals surface area contributed by atoms with Crippen LogP contribution < -0.4 is 10.6 Å². The Morgan fingerprint density at radius 3 is 2.86 bits per heavy atom. The predicted molar refractivity (Wildman–Crippen MR) is 83.9 cm³/mol. The molecule has 3 aromatic rings. The number of thiophene rings is 1. The van der Waals surface area contributed by atoms with Crippen LogP contribution in [-0.4, -0.2) is 11.2 Å². The lowest BCUT2D eigenvalue weighted by molar-refractivity contribution is 0.251. The summed E-state index contributed by atoms with van der Waals surface area (Å²) in [6, 6.07) is 7.13. The fourth-order valence-electron chi connectivity index (χ4n) is 2.12. The van der Waals surface area contributed by atoms with Crippen LogP contribution in [0.4, 0.5) is 9.80 Å². The summed E-state index contributed by atoms with van der Waals surface area (Å²) in [6.45, 7) is 4.01. The van der Waals surface area contributed by atoms with Crippen LogP contribution in [0.3, 0.4) is 0 Å². The third kappa shape index (κ3) is 3.04. The van der Waals surface area contributed by atoms with Gasteiger partial charge in [0.1, 0.15) is 17.3 Å². The Balaban J connectivity index is 1.61. The van der Waals surface area contributed by atoms with Crippen LogP contribution >= 0.6 is 11.3 Å². The SMILES string of the molecule is Cc1noc(C)c1-c1ccc(CNC(=O)Nc2cccs2)o1. The lowest BCUT2D eigenvalue weighted by Gasteiger charge is -2.04. The number of anilines is 1. The summed E-state index contributed by atoms with van der Waals surface area (Å²) in [5.74, 6) is 2.06. The number of nitrogens with zero attached hydrogens (tertiary/aromatic N) is 1. The maximum atomic E-state index is 11.7. The summed E-state index contributed by atoms with van der Waals surface area (Å²) in [6.07, 6.45) is 0. The van der Waals surface area contributed by atoms with Crippen LogP contribution in [0, 0.1) is 13.8 Å². The van der Waals surface area contributed by atoms with Crippen molar-refractivity contribution in [2.24, 2.45) is 0 Å². The zero-order valence-corrected chi connectivity index (χ0v) is 13.0. The lowest BCUT2D eigenvalue weighted by Crippen LogP contribution is -2.27. The van der Waals surface area contributed by atoms with Gasteiger partial charge in [-0.05, 0) is 43.5 Å². The molecule has 0 aromatic carbocycles. The second kappa shape index (κ2) is 6.07. The van der Waals surface area contributed by atoms with E-state index in [0.717, 1.165) is 16.3 Å². The normalized spacial score (nSPS) is 10.6. The Labute approximate surface area is 131 Å². The van der Waals surface area contributed by atoms with Crippen molar-refractivity contribution < 1.29 is 13.7 Å². The number of rotatable bonds is 4. The first kappa shape index (κ1) is 14.4. The first-order chi connectivity index (χ1) is 10.6. The Bertz CT molecular complexity index is 754.